The van der Waals surface area contributed by atoms with Crippen molar-refractivity contribution in [2.75, 3.05) is 5.32 Å². The van der Waals surface area contributed by atoms with E-state index in [0.717, 1.165) is 5.69 Å². The summed E-state index contributed by atoms with van der Waals surface area (Å²) >= 11 is 12.0. The maximum atomic E-state index is 12.2. The molecule has 0 radical (unpaired) electrons. The van der Waals surface area contributed by atoms with Crippen LogP contribution in [0.1, 0.15) is 16.1 Å². The van der Waals surface area contributed by atoms with E-state index in [1.165, 1.54) is 12.4 Å². The summed E-state index contributed by atoms with van der Waals surface area (Å²) in [6.07, 6.45) is 3.00. The third-order valence-corrected chi connectivity index (χ3v) is 3.80. The van der Waals surface area contributed by atoms with Crippen LogP contribution in [0, 0.1) is 6.92 Å². The van der Waals surface area contributed by atoms with Gasteiger partial charge in [-0.05, 0) is 43.3 Å². The average Bonchev–Trinajstić information content (AvgIpc) is 2.60. The van der Waals surface area contributed by atoms with Crippen molar-refractivity contribution in [2.24, 2.45) is 0 Å². The number of pyridine rings is 2. The smallest absolute Gasteiger partial charge is 0.257 e. The minimum atomic E-state index is -0.267. The number of ether oxygens (including phenoxy) is 1. The molecule has 1 amide bonds. The summed E-state index contributed by atoms with van der Waals surface area (Å²) in [6, 6.07) is 11.7. The molecule has 7 heteroatoms. The molecule has 0 saturated heterocycles. The monoisotopic (exact) mass is 373 g/mol. The fourth-order valence-corrected chi connectivity index (χ4v) is 2.33. The van der Waals surface area contributed by atoms with Crippen molar-refractivity contribution < 1.29 is 9.53 Å². The second-order valence-electron chi connectivity index (χ2n) is 5.20. The van der Waals surface area contributed by atoms with Crippen molar-refractivity contribution >= 4 is 34.8 Å². The Morgan fingerprint density at radius 1 is 1.04 bits per heavy atom. The fourth-order valence-electron chi connectivity index (χ4n) is 2.00. The molecular formula is C18H13Cl2N3O2. The largest absolute Gasteiger partial charge is 0.437 e. The Bertz CT molecular complexity index is 897. The van der Waals surface area contributed by atoms with E-state index >= 15 is 0 Å². The Morgan fingerprint density at radius 2 is 1.88 bits per heavy atom. The zero-order valence-corrected chi connectivity index (χ0v) is 14.7. The Morgan fingerprint density at radius 3 is 2.52 bits per heavy atom. The summed E-state index contributed by atoms with van der Waals surface area (Å²) in [5.74, 6) is 0.525. The predicted octanol–water partition coefficient (Wildman–Crippen LogP) is 5.14. The van der Waals surface area contributed by atoms with E-state index in [1.807, 2.05) is 6.92 Å². The molecule has 2 aromatic heterocycles. The summed E-state index contributed by atoms with van der Waals surface area (Å²) < 4.78 is 5.60. The molecule has 126 valence electrons. The maximum absolute atomic E-state index is 12.2. The summed E-state index contributed by atoms with van der Waals surface area (Å²) in [4.78, 5) is 20.3. The molecular weight excluding hydrogens is 361 g/mol. The first-order valence-corrected chi connectivity index (χ1v) is 8.10. The maximum Gasteiger partial charge on any atom is 0.257 e. The lowest BCUT2D eigenvalue weighted by atomic mass is 10.2. The molecule has 0 aliphatic rings. The third-order valence-electron chi connectivity index (χ3n) is 3.28. The number of aryl methyl sites for hydroxylation is 1. The SMILES string of the molecule is Cc1ccc(C(=O)Nc2ccc(Oc3ccc(Cl)cn3)c(Cl)c2)cn1. The molecule has 0 atom stereocenters. The highest BCUT2D eigenvalue weighted by atomic mass is 35.5. The summed E-state index contributed by atoms with van der Waals surface area (Å²) in [6.45, 7) is 1.86. The van der Waals surface area contributed by atoms with Crippen molar-refractivity contribution in [1.29, 1.82) is 0 Å². The van der Waals surface area contributed by atoms with Gasteiger partial charge in [0.1, 0.15) is 5.75 Å². The molecule has 5 nitrogen and oxygen atoms in total. The topological polar surface area (TPSA) is 64.1 Å². The highest BCUT2D eigenvalue weighted by Gasteiger charge is 2.10. The van der Waals surface area contributed by atoms with E-state index in [0.29, 0.717) is 32.9 Å². The van der Waals surface area contributed by atoms with E-state index < -0.39 is 0 Å². The Kier molecular flexibility index (Phi) is 5.16. The lowest BCUT2D eigenvalue weighted by Crippen LogP contribution is -2.12. The molecule has 1 aromatic carbocycles. The number of rotatable bonds is 4. The molecule has 0 saturated carbocycles. The quantitative estimate of drug-likeness (QED) is 0.687. The number of nitrogens with zero attached hydrogens (tertiary/aromatic N) is 2. The van der Waals surface area contributed by atoms with Crippen LogP contribution in [0.4, 0.5) is 5.69 Å². The van der Waals surface area contributed by atoms with Gasteiger partial charge in [0.2, 0.25) is 5.88 Å². The van der Waals surface area contributed by atoms with Gasteiger partial charge in [0.15, 0.2) is 0 Å². The predicted molar refractivity (Wildman–Crippen MR) is 97.7 cm³/mol. The average molecular weight is 374 g/mol. The van der Waals surface area contributed by atoms with Gasteiger partial charge in [-0.2, -0.15) is 0 Å². The molecule has 1 N–H and O–H groups in total. The number of halogens is 2. The number of benzene rings is 1. The first-order chi connectivity index (χ1) is 12.0. The molecule has 0 unspecified atom stereocenters. The van der Waals surface area contributed by atoms with Crippen LogP contribution in [0.2, 0.25) is 10.0 Å². The number of hydrogen-bond donors (Lipinski definition) is 1. The summed E-state index contributed by atoms with van der Waals surface area (Å²) in [5, 5.41) is 3.62. The van der Waals surface area contributed by atoms with Crippen LogP contribution in [0.25, 0.3) is 0 Å². The second-order valence-corrected chi connectivity index (χ2v) is 6.05. The van der Waals surface area contributed by atoms with Crippen LogP contribution in [-0.4, -0.2) is 15.9 Å². The van der Waals surface area contributed by atoms with Gasteiger partial charge in [0.05, 0.1) is 15.6 Å². The summed E-state index contributed by atoms with van der Waals surface area (Å²) in [7, 11) is 0. The zero-order valence-electron chi connectivity index (χ0n) is 13.2. The Labute approximate surface area is 154 Å². The molecule has 3 aromatic rings. The minimum absolute atomic E-state index is 0.267. The molecule has 2 heterocycles. The van der Waals surface area contributed by atoms with Crippen LogP contribution in [-0.2, 0) is 0 Å². The van der Waals surface area contributed by atoms with E-state index in [2.05, 4.69) is 15.3 Å². The van der Waals surface area contributed by atoms with Gasteiger partial charge >= 0.3 is 0 Å². The van der Waals surface area contributed by atoms with E-state index in [1.54, 1.807) is 42.5 Å². The highest BCUT2D eigenvalue weighted by molar-refractivity contribution is 6.32. The van der Waals surface area contributed by atoms with Gasteiger partial charge in [0, 0.05) is 29.8 Å². The van der Waals surface area contributed by atoms with Gasteiger partial charge < -0.3 is 10.1 Å². The number of carbonyl (C=O) groups is 1. The normalized spacial score (nSPS) is 10.4. The van der Waals surface area contributed by atoms with Gasteiger partial charge in [-0.15, -0.1) is 0 Å². The highest BCUT2D eigenvalue weighted by Crippen LogP contribution is 2.31. The number of anilines is 1. The van der Waals surface area contributed by atoms with Crippen LogP contribution >= 0.6 is 23.2 Å². The van der Waals surface area contributed by atoms with E-state index in [9.17, 15) is 4.79 Å². The molecule has 0 aliphatic heterocycles. The Balaban J connectivity index is 1.72. The summed E-state index contributed by atoms with van der Waals surface area (Å²) in [5.41, 5.74) is 1.86. The van der Waals surface area contributed by atoms with Gasteiger partial charge in [-0.3, -0.25) is 9.78 Å². The lowest BCUT2D eigenvalue weighted by Gasteiger charge is -2.10. The molecule has 3 rings (SSSR count). The first-order valence-electron chi connectivity index (χ1n) is 7.34. The molecule has 0 fully saturated rings. The number of nitrogens with one attached hydrogen (secondary N) is 1. The van der Waals surface area contributed by atoms with Crippen LogP contribution < -0.4 is 10.1 Å². The number of aromatic nitrogens is 2. The van der Waals surface area contributed by atoms with Crippen LogP contribution in [0.15, 0.2) is 54.9 Å². The van der Waals surface area contributed by atoms with E-state index in [-0.39, 0.29) is 5.91 Å². The second kappa shape index (κ2) is 7.51. The fraction of sp³-hybridized carbons (Fsp3) is 0.0556. The van der Waals surface area contributed by atoms with Crippen molar-refractivity contribution in [3.8, 4) is 11.6 Å². The first kappa shape index (κ1) is 17.2. The Hall–Kier alpha value is -2.63. The standard InChI is InChI=1S/C18H13Cl2N3O2/c1-11-2-3-12(9-21-11)18(24)23-14-5-6-16(15(20)8-14)25-17-7-4-13(19)10-22-17/h2-10H,1H3,(H,23,24). The molecule has 0 spiro atoms. The number of amides is 1. The van der Waals surface area contributed by atoms with Crippen molar-refractivity contribution in [3.05, 3.63) is 76.2 Å². The molecule has 25 heavy (non-hydrogen) atoms. The van der Waals surface area contributed by atoms with Crippen molar-refractivity contribution in [3.63, 3.8) is 0 Å². The van der Waals surface area contributed by atoms with Gasteiger partial charge in [-0.25, -0.2) is 4.98 Å². The third kappa shape index (κ3) is 4.47. The van der Waals surface area contributed by atoms with Crippen LogP contribution in [0.5, 0.6) is 11.6 Å². The van der Waals surface area contributed by atoms with Gasteiger partial charge in [-0.1, -0.05) is 23.2 Å². The molecule has 0 bridgehead atoms. The number of carbonyl (C=O) groups excluding carboxylic acids is 1. The van der Waals surface area contributed by atoms with Crippen molar-refractivity contribution in [1.82, 2.24) is 9.97 Å². The zero-order chi connectivity index (χ0) is 17.8. The van der Waals surface area contributed by atoms with Crippen LogP contribution in [0.3, 0.4) is 0 Å². The lowest BCUT2D eigenvalue weighted by molar-refractivity contribution is 0.102. The molecule has 0 aliphatic carbocycles. The minimum Gasteiger partial charge on any atom is -0.437 e. The van der Waals surface area contributed by atoms with Crippen molar-refractivity contribution in [2.45, 2.75) is 6.92 Å². The van der Waals surface area contributed by atoms with E-state index in [4.69, 9.17) is 27.9 Å². The van der Waals surface area contributed by atoms with Gasteiger partial charge in [0.25, 0.3) is 5.91 Å². The number of hydrogen-bond acceptors (Lipinski definition) is 4.